The predicted octanol–water partition coefficient (Wildman–Crippen LogP) is 3.15. The monoisotopic (exact) mass is 267 g/mol. The SMILES string of the molecule is CCCC(C)C(N)c1cc(OC)c(OC)c(OC)c1. The van der Waals surface area contributed by atoms with Crippen molar-refractivity contribution < 1.29 is 14.2 Å². The Morgan fingerprint density at radius 1 is 1.05 bits per heavy atom. The first kappa shape index (κ1) is 15.6. The zero-order chi connectivity index (χ0) is 14.4. The molecule has 2 atom stereocenters. The highest BCUT2D eigenvalue weighted by molar-refractivity contribution is 5.54. The van der Waals surface area contributed by atoms with Gasteiger partial charge >= 0.3 is 0 Å². The number of benzene rings is 1. The van der Waals surface area contributed by atoms with E-state index in [-0.39, 0.29) is 6.04 Å². The minimum atomic E-state index is -0.0337. The number of nitrogens with two attached hydrogens (primary N) is 1. The van der Waals surface area contributed by atoms with Crippen LogP contribution in [0.1, 0.15) is 38.3 Å². The summed E-state index contributed by atoms with van der Waals surface area (Å²) in [6, 6.07) is 3.82. The van der Waals surface area contributed by atoms with Gasteiger partial charge in [0.25, 0.3) is 0 Å². The van der Waals surface area contributed by atoms with Crippen molar-refractivity contribution >= 4 is 0 Å². The smallest absolute Gasteiger partial charge is 0.203 e. The fourth-order valence-corrected chi connectivity index (χ4v) is 2.26. The van der Waals surface area contributed by atoms with E-state index in [9.17, 15) is 0 Å². The van der Waals surface area contributed by atoms with Gasteiger partial charge in [0.1, 0.15) is 0 Å². The quantitative estimate of drug-likeness (QED) is 0.824. The molecule has 0 amide bonds. The maximum atomic E-state index is 6.31. The Morgan fingerprint density at radius 2 is 1.58 bits per heavy atom. The normalized spacial score (nSPS) is 13.8. The molecule has 0 radical (unpaired) electrons. The Morgan fingerprint density at radius 3 is 1.95 bits per heavy atom. The van der Waals surface area contributed by atoms with E-state index in [2.05, 4.69) is 13.8 Å². The van der Waals surface area contributed by atoms with Crippen LogP contribution in [0.15, 0.2) is 12.1 Å². The summed E-state index contributed by atoms with van der Waals surface area (Å²) in [6.45, 7) is 4.33. The summed E-state index contributed by atoms with van der Waals surface area (Å²) in [7, 11) is 4.82. The van der Waals surface area contributed by atoms with Crippen LogP contribution in [0.3, 0.4) is 0 Å². The third-order valence-electron chi connectivity index (χ3n) is 3.43. The minimum Gasteiger partial charge on any atom is -0.493 e. The molecule has 0 spiro atoms. The molecule has 2 N–H and O–H groups in total. The van der Waals surface area contributed by atoms with Crippen LogP contribution < -0.4 is 19.9 Å². The van der Waals surface area contributed by atoms with E-state index < -0.39 is 0 Å². The second-order valence-electron chi connectivity index (χ2n) is 4.75. The van der Waals surface area contributed by atoms with Crippen molar-refractivity contribution in [2.75, 3.05) is 21.3 Å². The van der Waals surface area contributed by atoms with Gasteiger partial charge in [-0.15, -0.1) is 0 Å². The highest BCUT2D eigenvalue weighted by Gasteiger charge is 2.19. The molecule has 4 nitrogen and oxygen atoms in total. The standard InChI is InChI=1S/C15H25NO3/c1-6-7-10(2)14(16)11-8-12(17-3)15(19-5)13(9-11)18-4/h8-10,14H,6-7,16H2,1-5H3. The Hall–Kier alpha value is -1.42. The van der Waals surface area contributed by atoms with Gasteiger partial charge in [-0.25, -0.2) is 0 Å². The molecule has 0 bridgehead atoms. The van der Waals surface area contributed by atoms with E-state index in [1.54, 1.807) is 21.3 Å². The van der Waals surface area contributed by atoms with Gasteiger partial charge in [0.05, 0.1) is 21.3 Å². The van der Waals surface area contributed by atoms with Crippen LogP contribution in [0.4, 0.5) is 0 Å². The van der Waals surface area contributed by atoms with Crippen LogP contribution in [0, 0.1) is 5.92 Å². The number of rotatable bonds is 7. The molecule has 2 unspecified atom stereocenters. The molecule has 0 aliphatic heterocycles. The molecule has 0 aliphatic rings. The summed E-state index contributed by atoms with van der Waals surface area (Å²) >= 11 is 0. The molecule has 0 fully saturated rings. The van der Waals surface area contributed by atoms with Crippen molar-refractivity contribution in [3.05, 3.63) is 17.7 Å². The topological polar surface area (TPSA) is 53.7 Å². The highest BCUT2D eigenvalue weighted by atomic mass is 16.5. The fraction of sp³-hybridized carbons (Fsp3) is 0.600. The van der Waals surface area contributed by atoms with E-state index in [1.807, 2.05) is 12.1 Å². The molecular weight excluding hydrogens is 242 g/mol. The highest BCUT2D eigenvalue weighted by Crippen LogP contribution is 2.40. The average Bonchev–Trinajstić information content (AvgIpc) is 2.44. The summed E-state index contributed by atoms with van der Waals surface area (Å²) in [5, 5.41) is 0. The Labute approximate surface area is 115 Å². The zero-order valence-electron chi connectivity index (χ0n) is 12.5. The third kappa shape index (κ3) is 3.53. The van der Waals surface area contributed by atoms with E-state index in [0.717, 1.165) is 18.4 Å². The van der Waals surface area contributed by atoms with Crippen LogP contribution in [-0.4, -0.2) is 21.3 Å². The van der Waals surface area contributed by atoms with Crippen molar-refractivity contribution in [2.45, 2.75) is 32.7 Å². The van der Waals surface area contributed by atoms with Gasteiger partial charge in [-0.1, -0.05) is 20.3 Å². The van der Waals surface area contributed by atoms with Crippen molar-refractivity contribution in [2.24, 2.45) is 11.7 Å². The lowest BCUT2D eigenvalue weighted by Crippen LogP contribution is -2.19. The van der Waals surface area contributed by atoms with E-state index in [4.69, 9.17) is 19.9 Å². The molecule has 1 aromatic carbocycles. The van der Waals surface area contributed by atoms with Crippen LogP contribution >= 0.6 is 0 Å². The van der Waals surface area contributed by atoms with Gasteiger partial charge in [0.15, 0.2) is 11.5 Å². The molecule has 0 aromatic heterocycles. The molecular formula is C15H25NO3. The predicted molar refractivity (Wildman–Crippen MR) is 77.1 cm³/mol. The average molecular weight is 267 g/mol. The van der Waals surface area contributed by atoms with Crippen molar-refractivity contribution in [3.8, 4) is 17.2 Å². The van der Waals surface area contributed by atoms with Crippen LogP contribution in [0.5, 0.6) is 17.2 Å². The van der Waals surface area contributed by atoms with Gasteiger partial charge in [-0.3, -0.25) is 0 Å². The number of ether oxygens (including phenoxy) is 3. The summed E-state index contributed by atoms with van der Waals surface area (Å²) < 4.78 is 16.0. The van der Waals surface area contributed by atoms with E-state index in [1.165, 1.54) is 0 Å². The summed E-state index contributed by atoms with van der Waals surface area (Å²) in [5.74, 6) is 2.31. The minimum absolute atomic E-state index is 0.0337. The first-order chi connectivity index (χ1) is 9.08. The summed E-state index contributed by atoms with van der Waals surface area (Å²) in [6.07, 6.45) is 2.22. The molecule has 108 valence electrons. The molecule has 0 saturated heterocycles. The Balaban J connectivity index is 3.15. The van der Waals surface area contributed by atoms with Crippen molar-refractivity contribution in [1.29, 1.82) is 0 Å². The van der Waals surface area contributed by atoms with Gasteiger partial charge in [-0.2, -0.15) is 0 Å². The lowest BCUT2D eigenvalue weighted by Gasteiger charge is -2.22. The van der Waals surface area contributed by atoms with E-state index >= 15 is 0 Å². The zero-order valence-corrected chi connectivity index (χ0v) is 12.5. The third-order valence-corrected chi connectivity index (χ3v) is 3.43. The maximum absolute atomic E-state index is 6.31. The fourth-order valence-electron chi connectivity index (χ4n) is 2.26. The second kappa shape index (κ2) is 7.24. The molecule has 0 saturated carbocycles. The van der Waals surface area contributed by atoms with Gasteiger partial charge in [0, 0.05) is 6.04 Å². The van der Waals surface area contributed by atoms with Crippen molar-refractivity contribution in [1.82, 2.24) is 0 Å². The lowest BCUT2D eigenvalue weighted by molar-refractivity contribution is 0.322. The summed E-state index contributed by atoms with van der Waals surface area (Å²) in [5.41, 5.74) is 7.32. The number of methoxy groups -OCH3 is 3. The first-order valence-corrected chi connectivity index (χ1v) is 6.64. The molecule has 1 rings (SSSR count). The summed E-state index contributed by atoms with van der Waals surface area (Å²) in [4.78, 5) is 0. The molecule has 4 heteroatoms. The van der Waals surface area contributed by atoms with E-state index in [0.29, 0.717) is 23.2 Å². The first-order valence-electron chi connectivity index (χ1n) is 6.64. The van der Waals surface area contributed by atoms with Gasteiger partial charge in [-0.05, 0) is 30.0 Å². The molecule has 0 aliphatic carbocycles. The van der Waals surface area contributed by atoms with Gasteiger partial charge in [0.2, 0.25) is 5.75 Å². The molecule has 0 heterocycles. The van der Waals surface area contributed by atoms with Crippen LogP contribution in [-0.2, 0) is 0 Å². The molecule has 1 aromatic rings. The van der Waals surface area contributed by atoms with Crippen molar-refractivity contribution in [3.63, 3.8) is 0 Å². The van der Waals surface area contributed by atoms with Crippen LogP contribution in [0.25, 0.3) is 0 Å². The van der Waals surface area contributed by atoms with Crippen LogP contribution in [0.2, 0.25) is 0 Å². The Kier molecular flexibility index (Phi) is 5.96. The maximum Gasteiger partial charge on any atom is 0.203 e. The Bertz CT molecular complexity index is 381. The largest absolute Gasteiger partial charge is 0.493 e. The number of hydrogen-bond acceptors (Lipinski definition) is 4. The van der Waals surface area contributed by atoms with Gasteiger partial charge < -0.3 is 19.9 Å². The second-order valence-corrected chi connectivity index (χ2v) is 4.75. The number of hydrogen-bond donors (Lipinski definition) is 1. The lowest BCUT2D eigenvalue weighted by atomic mass is 9.91. The molecule has 19 heavy (non-hydrogen) atoms.